The zero-order chi connectivity index (χ0) is 22.4. The van der Waals surface area contributed by atoms with Gasteiger partial charge in [0.25, 0.3) is 0 Å². The van der Waals surface area contributed by atoms with Crippen molar-refractivity contribution in [2.24, 2.45) is 0 Å². The topological polar surface area (TPSA) is 109 Å². The van der Waals surface area contributed by atoms with Crippen LogP contribution in [-0.4, -0.2) is 69.9 Å². The second-order valence-electron chi connectivity index (χ2n) is 7.48. The molecule has 0 aromatic heterocycles. The molecule has 0 aliphatic carbocycles. The lowest BCUT2D eigenvalue weighted by Gasteiger charge is -2.39. The molecule has 4 N–H and O–H groups in total. The van der Waals surface area contributed by atoms with Crippen molar-refractivity contribution in [1.29, 1.82) is 0 Å². The molecular weight excluding hydrogens is 420 g/mol. The van der Waals surface area contributed by atoms with Crippen molar-refractivity contribution in [2.45, 2.75) is 48.8 Å². The van der Waals surface area contributed by atoms with Crippen molar-refractivity contribution >= 4 is 11.8 Å². The third kappa shape index (κ3) is 5.91. The molecule has 0 spiro atoms. The molecule has 1 aliphatic rings. The molecule has 0 bridgehead atoms. The van der Waals surface area contributed by atoms with E-state index >= 15 is 0 Å². The minimum Gasteiger partial charge on any atom is -0.476 e. The van der Waals surface area contributed by atoms with E-state index in [4.69, 9.17) is 14.2 Å². The molecule has 1 fully saturated rings. The van der Waals surface area contributed by atoms with Crippen LogP contribution in [0.25, 0.3) is 0 Å². The van der Waals surface area contributed by atoms with Gasteiger partial charge in [0.1, 0.15) is 23.7 Å². The van der Waals surface area contributed by atoms with Crippen molar-refractivity contribution in [2.75, 3.05) is 20.5 Å². The predicted octanol–water partition coefficient (Wildman–Crippen LogP) is 1.72. The average molecular weight is 451 g/mol. The van der Waals surface area contributed by atoms with E-state index in [2.05, 4.69) is 31.2 Å². The van der Waals surface area contributed by atoms with E-state index in [0.29, 0.717) is 17.9 Å². The Kier molecular flexibility index (Phi) is 8.59. The second-order valence-corrected chi connectivity index (χ2v) is 8.82. The molecule has 170 valence electrons. The van der Waals surface area contributed by atoms with E-state index in [9.17, 15) is 20.4 Å². The number of thioether (sulfide) groups is 1. The molecule has 2 aromatic carbocycles. The molecule has 2 aromatic rings. The van der Waals surface area contributed by atoms with Crippen LogP contribution < -0.4 is 9.47 Å². The largest absolute Gasteiger partial charge is 0.476 e. The van der Waals surface area contributed by atoms with E-state index in [-0.39, 0.29) is 13.4 Å². The number of benzene rings is 2. The summed E-state index contributed by atoms with van der Waals surface area (Å²) in [6.45, 7) is 1.84. The highest BCUT2D eigenvalue weighted by Gasteiger charge is 2.44. The first kappa shape index (κ1) is 23.8. The molecule has 31 heavy (non-hydrogen) atoms. The van der Waals surface area contributed by atoms with Gasteiger partial charge in [-0.15, -0.1) is 11.8 Å². The Morgan fingerprint density at radius 3 is 2.29 bits per heavy atom. The van der Waals surface area contributed by atoms with E-state index in [1.807, 2.05) is 12.1 Å². The van der Waals surface area contributed by atoms with Gasteiger partial charge in [-0.25, -0.2) is 0 Å². The molecule has 0 unspecified atom stereocenters. The highest BCUT2D eigenvalue weighted by atomic mass is 32.2. The maximum Gasteiger partial charge on any atom is 0.188 e. The van der Waals surface area contributed by atoms with Crippen molar-refractivity contribution in [3.63, 3.8) is 0 Å². The van der Waals surface area contributed by atoms with E-state index in [0.717, 1.165) is 29.3 Å². The number of hydrogen-bond acceptors (Lipinski definition) is 8. The number of rotatable bonds is 9. The molecule has 8 heteroatoms. The summed E-state index contributed by atoms with van der Waals surface area (Å²) in [6, 6.07) is 13.8. The number of aliphatic hydroxyl groups excluding tert-OH is 4. The Bertz CT molecular complexity index is 827. The van der Waals surface area contributed by atoms with E-state index in [1.165, 1.54) is 12.7 Å². The third-order valence-electron chi connectivity index (χ3n) is 5.30. The monoisotopic (exact) mass is 450 g/mol. The quantitative estimate of drug-likeness (QED) is 0.428. The minimum absolute atomic E-state index is 0.0789. The Morgan fingerprint density at radius 1 is 0.935 bits per heavy atom. The van der Waals surface area contributed by atoms with Gasteiger partial charge in [0.05, 0.1) is 18.0 Å². The standard InChI is InChI=1S/C23H30O7S/c1-3-14-4-6-15(7-5-14)10-16-8-9-17(29-13-28-2)11-18(16)30-23-22(27)21(26)20(25)19(12-24)31-23/h4-9,11,19-27H,3,10,12-13H2,1-2H3/t19-,20-,21+,22-,23-/m1/s1. The summed E-state index contributed by atoms with van der Waals surface area (Å²) in [5.41, 5.74) is 2.37. The van der Waals surface area contributed by atoms with Gasteiger partial charge in [0, 0.05) is 19.6 Å². The Balaban J connectivity index is 1.86. The third-order valence-corrected chi connectivity index (χ3v) is 6.72. The number of aliphatic hydroxyl groups is 4. The first-order chi connectivity index (χ1) is 15.0. The van der Waals surface area contributed by atoms with Gasteiger partial charge < -0.3 is 34.6 Å². The Hall–Kier alpha value is -1.81. The molecule has 7 nitrogen and oxygen atoms in total. The van der Waals surface area contributed by atoms with E-state index < -0.39 is 29.0 Å². The van der Waals surface area contributed by atoms with Crippen LogP contribution in [0, 0.1) is 0 Å². The Labute approximate surface area is 186 Å². The highest BCUT2D eigenvalue weighted by Crippen LogP contribution is 2.37. The first-order valence-corrected chi connectivity index (χ1v) is 11.2. The predicted molar refractivity (Wildman–Crippen MR) is 118 cm³/mol. The fourth-order valence-corrected chi connectivity index (χ4v) is 4.64. The summed E-state index contributed by atoms with van der Waals surface area (Å²) in [4.78, 5) is 0. The lowest BCUT2D eigenvalue weighted by molar-refractivity contribution is -0.0910. The van der Waals surface area contributed by atoms with Crippen molar-refractivity contribution in [3.05, 3.63) is 59.2 Å². The van der Waals surface area contributed by atoms with Crippen LogP contribution >= 0.6 is 11.8 Å². The van der Waals surface area contributed by atoms with Gasteiger partial charge in [-0.2, -0.15) is 0 Å². The first-order valence-electron chi connectivity index (χ1n) is 10.3. The van der Waals surface area contributed by atoms with Crippen LogP contribution in [0.15, 0.2) is 42.5 Å². The lowest BCUT2D eigenvalue weighted by Crippen LogP contribution is -2.55. The SMILES string of the molecule is CCc1ccc(Cc2ccc(OCOC)cc2O[C@@H]2S[C@H](CO)[C@@H](O)[C@H](O)[C@H]2O)cc1. The van der Waals surface area contributed by atoms with Crippen molar-refractivity contribution in [1.82, 2.24) is 0 Å². The summed E-state index contributed by atoms with van der Waals surface area (Å²) in [5.74, 6) is 1.03. The fourth-order valence-electron chi connectivity index (χ4n) is 3.41. The van der Waals surface area contributed by atoms with Crippen LogP contribution in [0.1, 0.15) is 23.6 Å². The highest BCUT2D eigenvalue weighted by molar-refractivity contribution is 8.00. The number of ether oxygens (including phenoxy) is 3. The summed E-state index contributed by atoms with van der Waals surface area (Å²) in [6.07, 6.45) is -2.40. The lowest BCUT2D eigenvalue weighted by atomic mass is 10.0. The normalized spacial score (nSPS) is 25.9. The summed E-state index contributed by atoms with van der Waals surface area (Å²) >= 11 is 1.09. The van der Waals surface area contributed by atoms with Crippen LogP contribution in [0.5, 0.6) is 11.5 Å². The van der Waals surface area contributed by atoms with Crippen LogP contribution in [0.3, 0.4) is 0 Å². The molecule has 1 aliphatic heterocycles. The molecule has 3 rings (SSSR count). The Morgan fingerprint density at radius 2 is 1.65 bits per heavy atom. The van der Waals surface area contributed by atoms with Gasteiger partial charge >= 0.3 is 0 Å². The van der Waals surface area contributed by atoms with Crippen molar-refractivity contribution in [3.8, 4) is 11.5 Å². The average Bonchev–Trinajstić information content (AvgIpc) is 2.79. The zero-order valence-corrected chi connectivity index (χ0v) is 18.5. The maximum absolute atomic E-state index is 10.4. The molecule has 1 saturated heterocycles. The van der Waals surface area contributed by atoms with E-state index in [1.54, 1.807) is 6.07 Å². The van der Waals surface area contributed by atoms with Crippen LogP contribution in [0.2, 0.25) is 0 Å². The number of hydrogen-bond donors (Lipinski definition) is 4. The fraction of sp³-hybridized carbons (Fsp3) is 0.478. The molecule has 0 amide bonds. The zero-order valence-electron chi connectivity index (χ0n) is 17.7. The maximum atomic E-state index is 10.4. The van der Waals surface area contributed by atoms with Gasteiger partial charge in [-0.1, -0.05) is 37.3 Å². The summed E-state index contributed by atoms with van der Waals surface area (Å²) < 4.78 is 16.6. The number of methoxy groups -OCH3 is 1. The summed E-state index contributed by atoms with van der Waals surface area (Å²) in [5, 5.41) is 39.5. The van der Waals surface area contributed by atoms with Crippen LogP contribution in [-0.2, 0) is 17.6 Å². The molecular formula is C23H30O7S. The van der Waals surface area contributed by atoms with Crippen LogP contribution in [0.4, 0.5) is 0 Å². The van der Waals surface area contributed by atoms with Gasteiger partial charge in [0.15, 0.2) is 12.2 Å². The summed E-state index contributed by atoms with van der Waals surface area (Å²) in [7, 11) is 1.53. The van der Waals surface area contributed by atoms with Gasteiger partial charge in [-0.05, 0) is 29.2 Å². The second kappa shape index (κ2) is 11.2. The molecule has 0 radical (unpaired) electrons. The molecule has 5 atom stereocenters. The molecule has 0 saturated carbocycles. The molecule has 1 heterocycles. The smallest absolute Gasteiger partial charge is 0.188 e. The van der Waals surface area contributed by atoms with Gasteiger partial charge in [0.2, 0.25) is 0 Å². The van der Waals surface area contributed by atoms with Crippen molar-refractivity contribution < 1.29 is 34.6 Å². The minimum atomic E-state index is -1.42. The number of aryl methyl sites for hydroxylation is 1. The van der Waals surface area contributed by atoms with Gasteiger partial charge in [-0.3, -0.25) is 0 Å².